The van der Waals surface area contributed by atoms with Gasteiger partial charge in [0.15, 0.2) is 0 Å². The van der Waals surface area contributed by atoms with Crippen molar-refractivity contribution in [3.05, 3.63) is 82.6 Å². The lowest BCUT2D eigenvalue weighted by molar-refractivity contribution is -0.131. The van der Waals surface area contributed by atoms with E-state index in [0.717, 1.165) is 16.8 Å². The molecule has 0 aliphatic carbocycles. The SMILES string of the molecule is CNC(=O)c1ccc(C2NC3=C2CN(C(=O)C(CN)c2ccccc2)C3)cc1. The first-order valence-electron chi connectivity index (χ1n) is 9.46. The van der Waals surface area contributed by atoms with Gasteiger partial charge in [0.25, 0.3) is 5.91 Å². The highest BCUT2D eigenvalue weighted by Gasteiger charge is 2.40. The van der Waals surface area contributed by atoms with Gasteiger partial charge in [-0.25, -0.2) is 0 Å². The van der Waals surface area contributed by atoms with E-state index >= 15 is 0 Å². The number of nitrogens with one attached hydrogen (secondary N) is 2. The molecule has 2 aliphatic rings. The molecule has 2 aromatic carbocycles. The van der Waals surface area contributed by atoms with Crippen molar-refractivity contribution >= 4 is 11.8 Å². The summed E-state index contributed by atoms with van der Waals surface area (Å²) in [6, 6.07) is 17.4. The Morgan fingerprint density at radius 2 is 1.86 bits per heavy atom. The van der Waals surface area contributed by atoms with Crippen molar-refractivity contribution in [1.82, 2.24) is 15.5 Å². The van der Waals surface area contributed by atoms with Crippen LogP contribution >= 0.6 is 0 Å². The number of amides is 2. The molecule has 2 amide bonds. The van der Waals surface area contributed by atoms with Gasteiger partial charge in [-0.05, 0) is 28.8 Å². The Bertz CT molecular complexity index is 921. The molecule has 2 atom stereocenters. The monoisotopic (exact) mass is 376 g/mol. The summed E-state index contributed by atoms with van der Waals surface area (Å²) in [4.78, 5) is 26.6. The summed E-state index contributed by atoms with van der Waals surface area (Å²) in [6.45, 7) is 1.51. The highest BCUT2D eigenvalue weighted by Crippen LogP contribution is 2.38. The third-order valence-electron chi connectivity index (χ3n) is 5.55. The van der Waals surface area contributed by atoms with E-state index in [-0.39, 0.29) is 23.8 Å². The molecule has 28 heavy (non-hydrogen) atoms. The minimum absolute atomic E-state index is 0.0682. The Morgan fingerprint density at radius 1 is 1.14 bits per heavy atom. The molecule has 6 heteroatoms. The van der Waals surface area contributed by atoms with E-state index in [1.807, 2.05) is 59.5 Å². The first-order valence-corrected chi connectivity index (χ1v) is 9.46. The van der Waals surface area contributed by atoms with Crippen LogP contribution in [0.15, 0.2) is 65.9 Å². The van der Waals surface area contributed by atoms with Crippen LogP contribution in [0.4, 0.5) is 0 Å². The van der Waals surface area contributed by atoms with Gasteiger partial charge in [-0.2, -0.15) is 0 Å². The van der Waals surface area contributed by atoms with Crippen LogP contribution in [-0.4, -0.2) is 43.4 Å². The maximum absolute atomic E-state index is 13.0. The minimum Gasteiger partial charge on any atom is -0.376 e. The van der Waals surface area contributed by atoms with Crippen molar-refractivity contribution in [2.24, 2.45) is 5.73 Å². The average Bonchev–Trinajstić information content (AvgIpc) is 3.06. The fourth-order valence-corrected chi connectivity index (χ4v) is 3.93. The van der Waals surface area contributed by atoms with Crippen LogP contribution in [0.5, 0.6) is 0 Å². The summed E-state index contributed by atoms with van der Waals surface area (Å²) < 4.78 is 0. The van der Waals surface area contributed by atoms with E-state index in [4.69, 9.17) is 5.73 Å². The molecule has 0 saturated heterocycles. The summed E-state index contributed by atoms with van der Waals surface area (Å²) >= 11 is 0. The molecule has 0 aromatic heterocycles. The van der Waals surface area contributed by atoms with Crippen molar-refractivity contribution in [3.63, 3.8) is 0 Å². The summed E-state index contributed by atoms with van der Waals surface area (Å²) in [5.41, 5.74) is 11.0. The van der Waals surface area contributed by atoms with Crippen LogP contribution in [0.25, 0.3) is 0 Å². The van der Waals surface area contributed by atoms with Gasteiger partial charge in [0.1, 0.15) is 0 Å². The van der Waals surface area contributed by atoms with Crippen LogP contribution < -0.4 is 16.4 Å². The van der Waals surface area contributed by atoms with Crippen molar-refractivity contribution in [2.75, 3.05) is 26.7 Å². The van der Waals surface area contributed by atoms with Gasteiger partial charge in [-0.15, -0.1) is 0 Å². The number of rotatable bonds is 5. The standard InChI is InChI=1S/C22H24N4O2/c1-24-21(27)16-9-7-15(8-10-16)20-18-12-26(13-19(18)25-20)22(28)17(11-23)14-5-3-2-4-6-14/h2-10,17,20,25H,11-13,23H2,1H3,(H,24,27). The highest BCUT2D eigenvalue weighted by molar-refractivity contribution is 5.94. The van der Waals surface area contributed by atoms with Crippen molar-refractivity contribution < 1.29 is 9.59 Å². The first-order chi connectivity index (χ1) is 13.6. The molecule has 0 spiro atoms. The minimum atomic E-state index is -0.315. The fraction of sp³-hybridized carbons (Fsp3) is 0.273. The summed E-state index contributed by atoms with van der Waals surface area (Å²) in [6.07, 6.45) is 0. The van der Waals surface area contributed by atoms with Gasteiger partial charge >= 0.3 is 0 Å². The molecule has 4 rings (SSSR count). The molecule has 0 fully saturated rings. The third-order valence-corrected chi connectivity index (χ3v) is 5.55. The van der Waals surface area contributed by atoms with E-state index in [1.165, 1.54) is 5.57 Å². The quantitative estimate of drug-likeness (QED) is 0.739. The Balaban J connectivity index is 1.44. The zero-order valence-electron chi connectivity index (χ0n) is 15.8. The van der Waals surface area contributed by atoms with Crippen LogP contribution in [0.3, 0.4) is 0 Å². The maximum atomic E-state index is 13.0. The number of carbonyl (C=O) groups excluding carboxylic acids is 2. The smallest absolute Gasteiger partial charge is 0.251 e. The summed E-state index contributed by atoms with van der Waals surface area (Å²) in [5, 5.41) is 6.08. The van der Waals surface area contributed by atoms with Crippen LogP contribution in [-0.2, 0) is 4.79 Å². The second-order valence-electron chi connectivity index (χ2n) is 7.18. The van der Waals surface area contributed by atoms with Crippen molar-refractivity contribution in [1.29, 1.82) is 0 Å². The van der Waals surface area contributed by atoms with E-state index in [1.54, 1.807) is 7.05 Å². The van der Waals surface area contributed by atoms with Gasteiger partial charge in [0, 0.05) is 31.4 Å². The molecular weight excluding hydrogens is 352 g/mol. The molecule has 2 unspecified atom stereocenters. The predicted molar refractivity (Wildman–Crippen MR) is 108 cm³/mol. The Kier molecular flexibility index (Phi) is 4.88. The lowest BCUT2D eigenvalue weighted by Crippen LogP contribution is -2.36. The van der Waals surface area contributed by atoms with Gasteiger partial charge in [0.2, 0.25) is 5.91 Å². The number of hydrogen-bond donors (Lipinski definition) is 3. The molecule has 0 bridgehead atoms. The third kappa shape index (κ3) is 3.16. The number of nitrogens with zero attached hydrogens (tertiary/aromatic N) is 1. The van der Waals surface area contributed by atoms with Gasteiger partial charge in [0.05, 0.1) is 18.5 Å². The van der Waals surface area contributed by atoms with Gasteiger partial charge in [-0.1, -0.05) is 42.5 Å². The lowest BCUT2D eigenvalue weighted by Gasteiger charge is -2.31. The van der Waals surface area contributed by atoms with Crippen LogP contribution in [0, 0.1) is 0 Å². The average molecular weight is 376 g/mol. The predicted octanol–water partition coefficient (Wildman–Crippen LogP) is 1.53. The van der Waals surface area contributed by atoms with E-state index in [9.17, 15) is 9.59 Å². The second-order valence-corrected chi connectivity index (χ2v) is 7.18. The van der Waals surface area contributed by atoms with E-state index < -0.39 is 0 Å². The topological polar surface area (TPSA) is 87.5 Å². The maximum Gasteiger partial charge on any atom is 0.251 e. The molecular formula is C22H24N4O2. The molecule has 6 nitrogen and oxygen atoms in total. The summed E-state index contributed by atoms with van der Waals surface area (Å²) in [7, 11) is 1.62. The number of benzene rings is 2. The van der Waals surface area contributed by atoms with Crippen LogP contribution in [0.2, 0.25) is 0 Å². The first kappa shape index (κ1) is 18.3. The number of hydrogen-bond acceptors (Lipinski definition) is 4. The van der Waals surface area contributed by atoms with Gasteiger partial charge in [-0.3, -0.25) is 9.59 Å². The molecule has 2 aromatic rings. The Hall–Kier alpha value is -3.12. The molecule has 144 valence electrons. The molecule has 4 N–H and O–H groups in total. The van der Waals surface area contributed by atoms with Crippen molar-refractivity contribution in [3.8, 4) is 0 Å². The largest absolute Gasteiger partial charge is 0.376 e. The number of carbonyl (C=O) groups is 2. The number of nitrogens with two attached hydrogens (primary N) is 1. The fourth-order valence-electron chi connectivity index (χ4n) is 3.93. The van der Waals surface area contributed by atoms with E-state index in [0.29, 0.717) is 25.2 Å². The Labute approximate surface area is 164 Å². The van der Waals surface area contributed by atoms with E-state index in [2.05, 4.69) is 10.6 Å². The second kappa shape index (κ2) is 7.48. The van der Waals surface area contributed by atoms with Gasteiger partial charge < -0.3 is 21.3 Å². The molecule has 2 aliphatic heterocycles. The molecule has 2 heterocycles. The van der Waals surface area contributed by atoms with Crippen LogP contribution in [0.1, 0.15) is 33.4 Å². The Morgan fingerprint density at radius 3 is 2.50 bits per heavy atom. The lowest BCUT2D eigenvalue weighted by atomic mass is 9.91. The zero-order valence-corrected chi connectivity index (χ0v) is 15.8. The highest BCUT2D eigenvalue weighted by atomic mass is 16.2. The van der Waals surface area contributed by atoms with Crippen molar-refractivity contribution in [2.45, 2.75) is 12.0 Å². The summed E-state index contributed by atoms with van der Waals surface area (Å²) in [5.74, 6) is -0.344. The normalized spacial score (nSPS) is 18.8. The molecule has 0 saturated carbocycles. The zero-order chi connectivity index (χ0) is 19.7. The molecule has 0 radical (unpaired) electrons.